The highest BCUT2D eigenvalue weighted by atomic mass is 15.1. The number of hydrogen-bond donors (Lipinski definition) is 1. The van der Waals surface area contributed by atoms with Crippen molar-refractivity contribution in [3.63, 3.8) is 0 Å². The first-order chi connectivity index (χ1) is 8.69. The van der Waals surface area contributed by atoms with Crippen molar-refractivity contribution < 1.29 is 0 Å². The molecule has 1 aromatic heterocycles. The van der Waals surface area contributed by atoms with Crippen LogP contribution in [0, 0.1) is 0 Å². The highest BCUT2D eigenvalue weighted by molar-refractivity contribution is 5.47. The molecule has 0 atom stereocenters. The van der Waals surface area contributed by atoms with Gasteiger partial charge in [0.25, 0.3) is 0 Å². The summed E-state index contributed by atoms with van der Waals surface area (Å²) in [6, 6.07) is 12.5. The van der Waals surface area contributed by atoms with Gasteiger partial charge in [-0.3, -0.25) is 4.98 Å². The second-order valence-corrected chi connectivity index (χ2v) is 4.46. The normalized spacial score (nSPS) is 10.3. The van der Waals surface area contributed by atoms with E-state index >= 15 is 0 Å². The lowest BCUT2D eigenvalue weighted by Gasteiger charge is -2.19. The van der Waals surface area contributed by atoms with E-state index in [0.717, 1.165) is 18.7 Å². The van der Waals surface area contributed by atoms with Crippen molar-refractivity contribution in [2.45, 2.75) is 19.9 Å². The first-order valence-electron chi connectivity index (χ1n) is 6.19. The number of nitrogen functional groups attached to an aromatic ring is 1. The predicted molar refractivity (Wildman–Crippen MR) is 76.6 cm³/mol. The minimum atomic E-state index is 0.703. The Labute approximate surface area is 108 Å². The molecule has 18 heavy (non-hydrogen) atoms. The van der Waals surface area contributed by atoms with Crippen LogP contribution in [-0.2, 0) is 13.0 Å². The highest BCUT2D eigenvalue weighted by Gasteiger charge is 2.03. The fraction of sp³-hybridized carbons (Fsp3) is 0.267. The van der Waals surface area contributed by atoms with Crippen molar-refractivity contribution in [3.05, 3.63) is 53.9 Å². The van der Waals surface area contributed by atoms with Crippen LogP contribution < -0.4 is 10.6 Å². The second kappa shape index (κ2) is 5.54. The fourth-order valence-corrected chi connectivity index (χ4v) is 1.85. The topological polar surface area (TPSA) is 42.1 Å². The molecular weight excluding hydrogens is 222 g/mol. The van der Waals surface area contributed by atoms with Gasteiger partial charge in [0.05, 0.1) is 24.1 Å². The van der Waals surface area contributed by atoms with Crippen LogP contribution in [0.15, 0.2) is 42.6 Å². The van der Waals surface area contributed by atoms with Crippen LogP contribution in [0.2, 0.25) is 0 Å². The Hall–Kier alpha value is -2.03. The van der Waals surface area contributed by atoms with E-state index in [0.29, 0.717) is 5.69 Å². The Balaban J connectivity index is 2.06. The molecule has 94 valence electrons. The molecule has 0 spiro atoms. The van der Waals surface area contributed by atoms with E-state index in [1.807, 2.05) is 12.1 Å². The van der Waals surface area contributed by atoms with Gasteiger partial charge in [0.1, 0.15) is 0 Å². The largest absolute Gasteiger partial charge is 0.397 e. The van der Waals surface area contributed by atoms with E-state index in [4.69, 9.17) is 5.73 Å². The van der Waals surface area contributed by atoms with Crippen molar-refractivity contribution >= 4 is 11.4 Å². The maximum atomic E-state index is 5.62. The minimum absolute atomic E-state index is 0.703. The van der Waals surface area contributed by atoms with Gasteiger partial charge in [-0.1, -0.05) is 19.1 Å². The van der Waals surface area contributed by atoms with Crippen molar-refractivity contribution in [2.24, 2.45) is 0 Å². The third-order valence-electron chi connectivity index (χ3n) is 3.03. The average molecular weight is 241 g/mol. The zero-order valence-electron chi connectivity index (χ0n) is 10.9. The Kier molecular flexibility index (Phi) is 3.82. The summed E-state index contributed by atoms with van der Waals surface area (Å²) in [6.45, 7) is 2.95. The monoisotopic (exact) mass is 241 g/mol. The highest BCUT2D eigenvalue weighted by Crippen LogP contribution is 2.16. The molecule has 0 radical (unpaired) electrons. The van der Waals surface area contributed by atoms with Gasteiger partial charge in [-0.15, -0.1) is 0 Å². The standard InChI is InChI=1S/C15H19N3/c1-3-12-4-8-15(9-5-12)18(2)11-14-7-6-13(16)10-17-14/h4-10H,3,11,16H2,1-2H3. The molecule has 2 N–H and O–H groups in total. The van der Waals surface area contributed by atoms with E-state index in [9.17, 15) is 0 Å². The quantitative estimate of drug-likeness (QED) is 0.895. The van der Waals surface area contributed by atoms with Gasteiger partial charge in [0.2, 0.25) is 0 Å². The van der Waals surface area contributed by atoms with Gasteiger partial charge in [-0.2, -0.15) is 0 Å². The maximum Gasteiger partial charge on any atom is 0.0598 e. The van der Waals surface area contributed by atoms with Crippen LogP contribution in [-0.4, -0.2) is 12.0 Å². The summed E-state index contributed by atoms with van der Waals surface area (Å²) in [5, 5.41) is 0. The Bertz CT molecular complexity index is 488. The van der Waals surface area contributed by atoms with Gasteiger partial charge in [0, 0.05) is 12.7 Å². The number of rotatable bonds is 4. The molecule has 3 heteroatoms. The lowest BCUT2D eigenvalue weighted by molar-refractivity contribution is 0.885. The zero-order valence-corrected chi connectivity index (χ0v) is 10.9. The number of hydrogen-bond acceptors (Lipinski definition) is 3. The molecule has 3 nitrogen and oxygen atoms in total. The lowest BCUT2D eigenvalue weighted by atomic mass is 10.1. The molecule has 0 aliphatic rings. The molecule has 2 rings (SSSR count). The van der Waals surface area contributed by atoms with Crippen molar-refractivity contribution in [2.75, 3.05) is 17.7 Å². The van der Waals surface area contributed by atoms with E-state index in [2.05, 4.69) is 48.1 Å². The van der Waals surface area contributed by atoms with E-state index in [1.54, 1.807) is 6.20 Å². The Morgan fingerprint density at radius 2 is 1.83 bits per heavy atom. The summed E-state index contributed by atoms with van der Waals surface area (Å²) in [4.78, 5) is 6.49. The van der Waals surface area contributed by atoms with E-state index < -0.39 is 0 Å². The van der Waals surface area contributed by atoms with Crippen LogP contribution in [0.5, 0.6) is 0 Å². The first-order valence-corrected chi connectivity index (χ1v) is 6.19. The number of nitrogens with zero attached hydrogens (tertiary/aromatic N) is 2. The molecule has 0 fully saturated rings. The van der Waals surface area contributed by atoms with E-state index in [1.165, 1.54) is 11.3 Å². The molecule has 0 saturated carbocycles. The molecule has 0 bridgehead atoms. The Morgan fingerprint density at radius 1 is 1.11 bits per heavy atom. The van der Waals surface area contributed by atoms with Crippen LogP contribution in [0.4, 0.5) is 11.4 Å². The molecule has 1 aromatic carbocycles. The SMILES string of the molecule is CCc1ccc(N(C)Cc2ccc(N)cn2)cc1. The number of aromatic nitrogens is 1. The molecular formula is C15H19N3. The summed E-state index contributed by atoms with van der Waals surface area (Å²) >= 11 is 0. The summed E-state index contributed by atoms with van der Waals surface area (Å²) in [6.07, 6.45) is 2.77. The van der Waals surface area contributed by atoms with Crippen molar-refractivity contribution in [1.29, 1.82) is 0 Å². The predicted octanol–water partition coefficient (Wildman–Crippen LogP) is 2.86. The lowest BCUT2D eigenvalue weighted by Crippen LogP contribution is -2.17. The van der Waals surface area contributed by atoms with Gasteiger partial charge in [-0.25, -0.2) is 0 Å². The summed E-state index contributed by atoms with van der Waals surface area (Å²) in [5.74, 6) is 0. The molecule has 0 saturated heterocycles. The van der Waals surface area contributed by atoms with E-state index in [-0.39, 0.29) is 0 Å². The minimum Gasteiger partial charge on any atom is -0.397 e. The number of benzene rings is 1. The maximum absolute atomic E-state index is 5.62. The van der Waals surface area contributed by atoms with Crippen LogP contribution in [0.3, 0.4) is 0 Å². The number of aryl methyl sites for hydroxylation is 1. The molecule has 0 aliphatic heterocycles. The summed E-state index contributed by atoms with van der Waals surface area (Å²) in [7, 11) is 2.07. The molecule has 1 heterocycles. The van der Waals surface area contributed by atoms with Gasteiger partial charge >= 0.3 is 0 Å². The van der Waals surface area contributed by atoms with Crippen LogP contribution in [0.1, 0.15) is 18.2 Å². The summed E-state index contributed by atoms with van der Waals surface area (Å²) < 4.78 is 0. The Morgan fingerprint density at radius 3 is 2.39 bits per heavy atom. The molecule has 0 amide bonds. The third kappa shape index (κ3) is 3.00. The van der Waals surface area contributed by atoms with Gasteiger partial charge < -0.3 is 10.6 Å². The first kappa shape index (κ1) is 12.4. The smallest absolute Gasteiger partial charge is 0.0598 e. The molecule has 0 aliphatic carbocycles. The van der Waals surface area contributed by atoms with Gasteiger partial charge in [-0.05, 0) is 36.2 Å². The molecule has 2 aromatic rings. The third-order valence-corrected chi connectivity index (χ3v) is 3.03. The number of nitrogens with two attached hydrogens (primary N) is 1. The number of anilines is 2. The zero-order chi connectivity index (χ0) is 13.0. The average Bonchev–Trinajstić information content (AvgIpc) is 2.41. The van der Waals surface area contributed by atoms with Crippen LogP contribution >= 0.6 is 0 Å². The van der Waals surface area contributed by atoms with Crippen molar-refractivity contribution in [3.8, 4) is 0 Å². The number of pyridine rings is 1. The summed E-state index contributed by atoms with van der Waals surface area (Å²) in [5.41, 5.74) is 9.91. The fourth-order valence-electron chi connectivity index (χ4n) is 1.85. The van der Waals surface area contributed by atoms with Crippen LogP contribution in [0.25, 0.3) is 0 Å². The van der Waals surface area contributed by atoms with Crippen molar-refractivity contribution in [1.82, 2.24) is 4.98 Å². The second-order valence-electron chi connectivity index (χ2n) is 4.46. The van der Waals surface area contributed by atoms with Gasteiger partial charge in [0.15, 0.2) is 0 Å². The molecule has 0 unspecified atom stereocenters.